The van der Waals surface area contributed by atoms with Crippen LogP contribution in [0.3, 0.4) is 0 Å². The number of hydrogen-bond acceptors (Lipinski definition) is 4. The standard InChI is InChI=1S/C15H20N4OS.ClH/c1-11-14(21-10-18-11)9-19(8-12-2-4-16-6-12)15(20)13-3-5-17-7-13;/h3,5,7,10,12,16-17H,2,4,6,8-9H2,1H3;1H. The van der Waals surface area contributed by atoms with Crippen LogP contribution in [0.5, 0.6) is 0 Å². The molecule has 2 aromatic heterocycles. The highest BCUT2D eigenvalue weighted by Crippen LogP contribution is 2.19. The van der Waals surface area contributed by atoms with Crippen LogP contribution in [0.15, 0.2) is 24.0 Å². The Kier molecular flexibility index (Phi) is 5.99. The molecule has 1 atom stereocenters. The number of hydrogen-bond donors (Lipinski definition) is 2. The Labute approximate surface area is 140 Å². The lowest BCUT2D eigenvalue weighted by molar-refractivity contribution is 0.0720. The molecule has 0 bridgehead atoms. The second-order valence-corrected chi connectivity index (χ2v) is 6.44. The third-order valence-corrected chi connectivity index (χ3v) is 4.87. The molecular weight excluding hydrogens is 320 g/mol. The number of amides is 1. The Bertz CT molecular complexity index is 592. The van der Waals surface area contributed by atoms with Gasteiger partial charge < -0.3 is 15.2 Å². The molecule has 2 aromatic rings. The fourth-order valence-electron chi connectivity index (χ4n) is 2.69. The largest absolute Gasteiger partial charge is 0.367 e. The molecule has 1 saturated heterocycles. The Hall–Kier alpha value is -1.37. The fraction of sp³-hybridized carbons (Fsp3) is 0.467. The molecule has 1 unspecified atom stereocenters. The smallest absolute Gasteiger partial charge is 0.255 e. The minimum absolute atomic E-state index is 0. The van der Waals surface area contributed by atoms with Gasteiger partial charge in [-0.3, -0.25) is 4.79 Å². The predicted molar refractivity (Wildman–Crippen MR) is 90.6 cm³/mol. The van der Waals surface area contributed by atoms with Crippen LogP contribution in [0.25, 0.3) is 0 Å². The van der Waals surface area contributed by atoms with Gasteiger partial charge >= 0.3 is 0 Å². The van der Waals surface area contributed by atoms with Crippen molar-refractivity contribution in [1.29, 1.82) is 0 Å². The molecule has 0 aromatic carbocycles. The molecule has 2 N–H and O–H groups in total. The highest BCUT2D eigenvalue weighted by Gasteiger charge is 2.24. The first-order valence-electron chi connectivity index (χ1n) is 7.26. The molecule has 1 aliphatic heterocycles. The summed E-state index contributed by atoms with van der Waals surface area (Å²) >= 11 is 1.62. The SMILES string of the molecule is Cc1ncsc1CN(CC1CCNC1)C(=O)c1cc[nH]c1.Cl. The molecule has 0 spiro atoms. The molecule has 0 saturated carbocycles. The first-order chi connectivity index (χ1) is 10.2. The molecule has 3 heterocycles. The molecule has 120 valence electrons. The van der Waals surface area contributed by atoms with E-state index in [1.54, 1.807) is 23.7 Å². The van der Waals surface area contributed by atoms with Crippen molar-refractivity contribution in [1.82, 2.24) is 20.2 Å². The van der Waals surface area contributed by atoms with Crippen molar-refractivity contribution in [3.05, 3.63) is 40.1 Å². The van der Waals surface area contributed by atoms with E-state index in [0.717, 1.165) is 37.3 Å². The molecule has 7 heteroatoms. The van der Waals surface area contributed by atoms with Crippen LogP contribution >= 0.6 is 23.7 Å². The maximum absolute atomic E-state index is 12.7. The van der Waals surface area contributed by atoms with Gasteiger partial charge in [-0.25, -0.2) is 4.98 Å². The number of thiazole rings is 1. The Morgan fingerprint density at radius 1 is 1.55 bits per heavy atom. The molecule has 0 radical (unpaired) electrons. The molecule has 5 nitrogen and oxygen atoms in total. The topological polar surface area (TPSA) is 61.0 Å². The van der Waals surface area contributed by atoms with Crippen molar-refractivity contribution >= 4 is 29.7 Å². The van der Waals surface area contributed by atoms with E-state index in [1.807, 2.05) is 23.4 Å². The van der Waals surface area contributed by atoms with Gasteiger partial charge in [-0.2, -0.15) is 0 Å². The quantitative estimate of drug-likeness (QED) is 0.879. The zero-order chi connectivity index (χ0) is 14.7. The average Bonchev–Trinajstić information content (AvgIpc) is 3.20. The summed E-state index contributed by atoms with van der Waals surface area (Å²) in [5, 5.41) is 3.37. The summed E-state index contributed by atoms with van der Waals surface area (Å²) in [7, 11) is 0. The first-order valence-corrected chi connectivity index (χ1v) is 8.13. The predicted octanol–water partition coefficient (Wildman–Crippen LogP) is 2.45. The second kappa shape index (κ2) is 7.76. The van der Waals surface area contributed by atoms with Gasteiger partial charge in [0.15, 0.2) is 0 Å². The zero-order valence-electron chi connectivity index (χ0n) is 12.5. The van der Waals surface area contributed by atoms with Crippen LogP contribution in [0.2, 0.25) is 0 Å². The van der Waals surface area contributed by atoms with Crippen LogP contribution in [0.1, 0.15) is 27.3 Å². The van der Waals surface area contributed by atoms with Crippen molar-refractivity contribution in [2.75, 3.05) is 19.6 Å². The third kappa shape index (κ3) is 3.88. The van der Waals surface area contributed by atoms with E-state index in [0.29, 0.717) is 12.5 Å². The lowest BCUT2D eigenvalue weighted by atomic mass is 10.1. The minimum Gasteiger partial charge on any atom is -0.367 e. The summed E-state index contributed by atoms with van der Waals surface area (Å²) in [6, 6.07) is 1.84. The highest BCUT2D eigenvalue weighted by atomic mass is 35.5. The summed E-state index contributed by atoms with van der Waals surface area (Å²) in [6.45, 7) is 5.50. The van der Waals surface area contributed by atoms with E-state index in [1.165, 1.54) is 4.88 Å². The van der Waals surface area contributed by atoms with Crippen LogP contribution in [-0.2, 0) is 6.54 Å². The Morgan fingerprint density at radius 2 is 2.41 bits per heavy atom. The van der Waals surface area contributed by atoms with Gasteiger partial charge in [-0.05, 0) is 38.4 Å². The number of rotatable bonds is 5. The van der Waals surface area contributed by atoms with Crippen LogP contribution < -0.4 is 5.32 Å². The van der Waals surface area contributed by atoms with E-state index < -0.39 is 0 Å². The van der Waals surface area contributed by atoms with Gasteiger partial charge in [0, 0.05) is 23.8 Å². The number of aryl methyl sites for hydroxylation is 1. The lowest BCUT2D eigenvalue weighted by Crippen LogP contribution is -2.35. The van der Waals surface area contributed by atoms with E-state index in [-0.39, 0.29) is 18.3 Å². The number of carbonyl (C=O) groups is 1. The molecule has 1 aliphatic rings. The number of H-pyrrole nitrogens is 1. The summed E-state index contributed by atoms with van der Waals surface area (Å²) in [4.78, 5) is 23.1. The van der Waals surface area contributed by atoms with Crippen molar-refractivity contribution < 1.29 is 4.79 Å². The summed E-state index contributed by atoms with van der Waals surface area (Å²) in [5.74, 6) is 0.636. The second-order valence-electron chi connectivity index (χ2n) is 5.51. The molecule has 3 rings (SSSR count). The molecule has 1 fully saturated rings. The van der Waals surface area contributed by atoms with Crippen molar-refractivity contribution in [2.24, 2.45) is 5.92 Å². The Balaban J connectivity index is 0.00000176. The normalized spacial score (nSPS) is 17.2. The highest BCUT2D eigenvalue weighted by molar-refractivity contribution is 7.09. The number of carbonyl (C=O) groups excluding carboxylic acids is 1. The lowest BCUT2D eigenvalue weighted by Gasteiger charge is -2.25. The van der Waals surface area contributed by atoms with Crippen LogP contribution in [-0.4, -0.2) is 40.4 Å². The zero-order valence-corrected chi connectivity index (χ0v) is 14.2. The van der Waals surface area contributed by atoms with Gasteiger partial charge in [0.1, 0.15) is 0 Å². The third-order valence-electron chi connectivity index (χ3n) is 3.95. The van der Waals surface area contributed by atoms with Gasteiger partial charge in [-0.1, -0.05) is 0 Å². The number of aromatic nitrogens is 2. The summed E-state index contributed by atoms with van der Waals surface area (Å²) in [5.41, 5.74) is 3.60. The molecular formula is C15H21ClN4OS. The monoisotopic (exact) mass is 340 g/mol. The minimum atomic E-state index is 0. The average molecular weight is 341 g/mol. The first kappa shape index (κ1) is 17.0. The van der Waals surface area contributed by atoms with E-state index in [9.17, 15) is 4.79 Å². The van der Waals surface area contributed by atoms with Crippen molar-refractivity contribution in [3.63, 3.8) is 0 Å². The van der Waals surface area contributed by atoms with Crippen molar-refractivity contribution in [3.8, 4) is 0 Å². The van der Waals surface area contributed by atoms with E-state index >= 15 is 0 Å². The molecule has 22 heavy (non-hydrogen) atoms. The number of nitrogens with one attached hydrogen (secondary N) is 2. The molecule has 1 amide bonds. The number of aromatic amines is 1. The van der Waals surface area contributed by atoms with Crippen LogP contribution in [0.4, 0.5) is 0 Å². The number of nitrogens with zero attached hydrogens (tertiary/aromatic N) is 2. The summed E-state index contributed by atoms with van der Waals surface area (Å²) in [6.07, 6.45) is 4.70. The van der Waals surface area contributed by atoms with Gasteiger partial charge in [-0.15, -0.1) is 23.7 Å². The van der Waals surface area contributed by atoms with Crippen LogP contribution in [0, 0.1) is 12.8 Å². The van der Waals surface area contributed by atoms with E-state index in [2.05, 4.69) is 15.3 Å². The van der Waals surface area contributed by atoms with E-state index in [4.69, 9.17) is 0 Å². The van der Waals surface area contributed by atoms with Gasteiger partial charge in [0.05, 0.1) is 23.3 Å². The van der Waals surface area contributed by atoms with Gasteiger partial charge in [0.2, 0.25) is 0 Å². The van der Waals surface area contributed by atoms with Crippen molar-refractivity contribution in [2.45, 2.75) is 19.9 Å². The molecule has 0 aliphatic carbocycles. The number of halogens is 1. The van der Waals surface area contributed by atoms with Gasteiger partial charge in [0.25, 0.3) is 5.91 Å². The fourth-order valence-corrected chi connectivity index (χ4v) is 3.48. The maximum atomic E-state index is 12.7. The summed E-state index contributed by atoms with van der Waals surface area (Å²) < 4.78 is 0. The Morgan fingerprint density at radius 3 is 3.00 bits per heavy atom. The maximum Gasteiger partial charge on any atom is 0.255 e.